The lowest BCUT2D eigenvalue weighted by atomic mass is 9.60. The van der Waals surface area contributed by atoms with Crippen LogP contribution in [-0.2, 0) is 5.41 Å². The zero-order chi connectivity index (χ0) is 19.8. The van der Waals surface area contributed by atoms with Gasteiger partial charge >= 0.3 is 0 Å². The van der Waals surface area contributed by atoms with Gasteiger partial charge in [-0.3, -0.25) is 0 Å². The van der Waals surface area contributed by atoms with Gasteiger partial charge in [-0.1, -0.05) is 49.0 Å². The van der Waals surface area contributed by atoms with Crippen molar-refractivity contribution in [3.63, 3.8) is 0 Å². The second-order valence-electron chi connectivity index (χ2n) is 9.22. The van der Waals surface area contributed by atoms with E-state index in [-0.39, 0.29) is 0 Å². The first-order chi connectivity index (χ1) is 13.6. The molecule has 1 atom stereocenters. The molecule has 28 heavy (non-hydrogen) atoms. The monoisotopic (exact) mass is 424 g/mol. The van der Waals surface area contributed by atoms with Gasteiger partial charge in [-0.25, -0.2) is 0 Å². The van der Waals surface area contributed by atoms with Gasteiger partial charge in [0, 0.05) is 0 Å². The Morgan fingerprint density at radius 2 is 1.79 bits per heavy atom. The summed E-state index contributed by atoms with van der Waals surface area (Å²) in [6.07, 6.45) is 13.3. The summed E-state index contributed by atoms with van der Waals surface area (Å²) in [5.74, 6) is 0.732. The van der Waals surface area contributed by atoms with Crippen molar-refractivity contribution < 1.29 is 0 Å². The lowest BCUT2D eigenvalue weighted by Gasteiger charge is -2.44. The number of nitrogens with one attached hydrogen (secondary N) is 1. The Hall–Kier alpha value is -0.280. The molecule has 0 spiro atoms. The van der Waals surface area contributed by atoms with Gasteiger partial charge < -0.3 is 10.2 Å². The third kappa shape index (κ3) is 6.36. The normalized spacial score (nSPS) is 20.7. The maximum absolute atomic E-state index is 6.29. The van der Waals surface area contributed by atoms with Crippen LogP contribution in [0.1, 0.15) is 76.7 Å². The van der Waals surface area contributed by atoms with Gasteiger partial charge in [0.15, 0.2) is 0 Å². The standard InChI is InChI=1S/C24H38Cl2N2/c1-20(10-14-27-13-3-6-17-28-15-4-2-5-16-28)19-24(11-7-12-24)21-8-9-22(25)23(26)18-21/h8-9,18,20,27H,2-7,10-17,19H2,1H3. The molecule has 0 aromatic heterocycles. The fourth-order valence-corrected chi connectivity index (χ4v) is 5.35. The average Bonchev–Trinajstić information content (AvgIpc) is 2.67. The van der Waals surface area contributed by atoms with Gasteiger partial charge in [-0.15, -0.1) is 0 Å². The minimum Gasteiger partial charge on any atom is -0.317 e. The maximum Gasteiger partial charge on any atom is 0.0595 e. The predicted octanol–water partition coefficient (Wildman–Crippen LogP) is 6.69. The van der Waals surface area contributed by atoms with E-state index in [2.05, 4.69) is 29.3 Å². The van der Waals surface area contributed by atoms with Crippen LogP contribution in [0.25, 0.3) is 0 Å². The highest BCUT2D eigenvalue weighted by Gasteiger charge is 2.39. The summed E-state index contributed by atoms with van der Waals surface area (Å²) in [5, 5.41) is 5.04. The van der Waals surface area contributed by atoms with E-state index >= 15 is 0 Å². The highest BCUT2D eigenvalue weighted by molar-refractivity contribution is 6.42. The zero-order valence-corrected chi connectivity index (χ0v) is 19.1. The number of unbranched alkanes of at least 4 members (excludes halogenated alkanes) is 1. The van der Waals surface area contributed by atoms with Crippen molar-refractivity contribution in [1.29, 1.82) is 0 Å². The fourth-order valence-electron chi connectivity index (χ4n) is 5.05. The van der Waals surface area contributed by atoms with E-state index in [1.807, 2.05) is 6.07 Å². The minimum absolute atomic E-state index is 0.335. The Balaban J connectivity index is 1.31. The Morgan fingerprint density at radius 3 is 2.46 bits per heavy atom. The Bertz CT molecular complexity index is 594. The van der Waals surface area contributed by atoms with Crippen LogP contribution in [0.5, 0.6) is 0 Å². The van der Waals surface area contributed by atoms with Crippen LogP contribution in [-0.4, -0.2) is 37.6 Å². The number of halogens is 2. The molecule has 1 unspecified atom stereocenters. The summed E-state index contributed by atoms with van der Waals surface area (Å²) in [6, 6.07) is 6.27. The molecule has 1 heterocycles. The van der Waals surface area contributed by atoms with E-state index in [0.717, 1.165) is 12.5 Å². The maximum atomic E-state index is 6.29. The van der Waals surface area contributed by atoms with Crippen LogP contribution in [0.3, 0.4) is 0 Å². The second-order valence-corrected chi connectivity index (χ2v) is 10.0. The molecule has 1 aromatic rings. The summed E-state index contributed by atoms with van der Waals surface area (Å²) in [6.45, 7) is 8.66. The quantitative estimate of drug-likeness (QED) is 0.398. The number of piperidine rings is 1. The van der Waals surface area contributed by atoms with Crippen molar-refractivity contribution in [2.45, 2.75) is 76.5 Å². The van der Waals surface area contributed by atoms with Gasteiger partial charge in [0.05, 0.1) is 10.0 Å². The Morgan fingerprint density at radius 1 is 1.00 bits per heavy atom. The highest BCUT2D eigenvalue weighted by Crippen LogP contribution is 2.49. The molecular formula is C24H38Cl2N2. The van der Waals surface area contributed by atoms with Crippen molar-refractivity contribution in [3.05, 3.63) is 33.8 Å². The Labute approximate surface area is 182 Å². The van der Waals surface area contributed by atoms with Crippen LogP contribution < -0.4 is 5.32 Å². The first-order valence-corrected chi connectivity index (χ1v) is 12.2. The SMILES string of the molecule is CC(CCNCCCCN1CCCCC1)CC1(c2ccc(Cl)c(Cl)c2)CCC1. The molecular weight excluding hydrogens is 387 g/mol. The molecule has 158 valence electrons. The van der Waals surface area contributed by atoms with Crippen LogP contribution in [0.15, 0.2) is 18.2 Å². The van der Waals surface area contributed by atoms with Gasteiger partial charge in [0.25, 0.3) is 0 Å². The lowest BCUT2D eigenvalue weighted by Crippen LogP contribution is -2.36. The molecule has 2 nitrogen and oxygen atoms in total. The summed E-state index contributed by atoms with van der Waals surface area (Å²) < 4.78 is 0. The van der Waals surface area contributed by atoms with Gasteiger partial charge in [0.1, 0.15) is 0 Å². The fraction of sp³-hybridized carbons (Fsp3) is 0.750. The van der Waals surface area contributed by atoms with E-state index in [9.17, 15) is 0 Å². The minimum atomic E-state index is 0.335. The molecule has 4 heteroatoms. The predicted molar refractivity (Wildman–Crippen MR) is 123 cm³/mol. The first kappa shape index (κ1) is 22.4. The van der Waals surface area contributed by atoms with Crippen LogP contribution in [0.4, 0.5) is 0 Å². The summed E-state index contributed by atoms with van der Waals surface area (Å²) >= 11 is 12.4. The van der Waals surface area contributed by atoms with E-state index in [0.29, 0.717) is 15.5 Å². The first-order valence-electron chi connectivity index (χ1n) is 11.5. The summed E-state index contributed by atoms with van der Waals surface area (Å²) in [7, 11) is 0. The number of likely N-dealkylation sites (tertiary alicyclic amines) is 1. The summed E-state index contributed by atoms with van der Waals surface area (Å²) in [5.41, 5.74) is 1.73. The summed E-state index contributed by atoms with van der Waals surface area (Å²) in [4.78, 5) is 2.65. The molecule has 1 aromatic carbocycles. The molecule has 1 N–H and O–H groups in total. The largest absolute Gasteiger partial charge is 0.317 e. The molecule has 1 aliphatic heterocycles. The van der Waals surface area contributed by atoms with Gasteiger partial charge in [0.2, 0.25) is 0 Å². The zero-order valence-electron chi connectivity index (χ0n) is 17.6. The lowest BCUT2D eigenvalue weighted by molar-refractivity contribution is 0.190. The molecule has 0 radical (unpaired) electrons. The van der Waals surface area contributed by atoms with Crippen molar-refractivity contribution in [2.75, 3.05) is 32.7 Å². The van der Waals surface area contributed by atoms with Crippen molar-refractivity contribution in [1.82, 2.24) is 10.2 Å². The van der Waals surface area contributed by atoms with E-state index in [1.165, 1.54) is 96.0 Å². The number of hydrogen-bond acceptors (Lipinski definition) is 2. The van der Waals surface area contributed by atoms with Crippen LogP contribution in [0, 0.1) is 5.92 Å². The van der Waals surface area contributed by atoms with E-state index < -0.39 is 0 Å². The van der Waals surface area contributed by atoms with Crippen LogP contribution >= 0.6 is 23.2 Å². The third-order valence-electron chi connectivity index (χ3n) is 6.92. The topological polar surface area (TPSA) is 15.3 Å². The van der Waals surface area contributed by atoms with Crippen LogP contribution in [0.2, 0.25) is 10.0 Å². The van der Waals surface area contributed by atoms with Crippen molar-refractivity contribution in [2.24, 2.45) is 5.92 Å². The number of benzene rings is 1. The van der Waals surface area contributed by atoms with Gasteiger partial charge in [-0.05, 0) is 113 Å². The third-order valence-corrected chi connectivity index (χ3v) is 7.66. The van der Waals surface area contributed by atoms with Gasteiger partial charge in [-0.2, -0.15) is 0 Å². The molecule has 2 aliphatic rings. The molecule has 1 saturated heterocycles. The highest BCUT2D eigenvalue weighted by atomic mass is 35.5. The van der Waals surface area contributed by atoms with Crippen molar-refractivity contribution in [3.8, 4) is 0 Å². The number of rotatable bonds is 11. The molecule has 3 rings (SSSR count). The number of hydrogen-bond donors (Lipinski definition) is 1. The number of nitrogens with zero attached hydrogens (tertiary/aromatic N) is 1. The molecule has 2 fully saturated rings. The average molecular weight is 425 g/mol. The molecule has 1 saturated carbocycles. The molecule has 1 aliphatic carbocycles. The Kier molecular flexibility index (Phi) is 8.97. The molecule has 0 amide bonds. The van der Waals surface area contributed by atoms with E-state index in [4.69, 9.17) is 23.2 Å². The van der Waals surface area contributed by atoms with Crippen molar-refractivity contribution >= 4 is 23.2 Å². The van der Waals surface area contributed by atoms with E-state index in [1.54, 1.807) is 0 Å². The second kappa shape index (κ2) is 11.2. The smallest absolute Gasteiger partial charge is 0.0595 e. The molecule has 0 bridgehead atoms.